The molecule has 0 spiro atoms. The van der Waals surface area contributed by atoms with E-state index in [1.165, 1.54) is 60.2 Å². The van der Waals surface area contributed by atoms with Crippen molar-refractivity contribution in [3.05, 3.63) is 123 Å². The fourth-order valence-corrected chi connectivity index (χ4v) is 5.53. The number of anilines is 1. The molecular formula is C33H25ClFN3O6S. The van der Waals surface area contributed by atoms with Crippen molar-refractivity contribution in [3.63, 3.8) is 0 Å². The zero-order valence-electron chi connectivity index (χ0n) is 23.7. The van der Waals surface area contributed by atoms with Gasteiger partial charge in [0, 0.05) is 5.69 Å². The number of methoxy groups -OCH3 is 1. The third kappa shape index (κ3) is 7.88. The molecule has 12 heteroatoms. The van der Waals surface area contributed by atoms with Gasteiger partial charge in [0.15, 0.2) is 23.3 Å². The van der Waals surface area contributed by atoms with E-state index in [9.17, 15) is 23.9 Å². The molecule has 1 aliphatic rings. The number of ether oxygens (including phenoxy) is 2. The summed E-state index contributed by atoms with van der Waals surface area (Å²) in [6.45, 7) is -0.213. The molecule has 1 fully saturated rings. The van der Waals surface area contributed by atoms with Gasteiger partial charge in [0.1, 0.15) is 5.82 Å². The molecule has 0 bridgehead atoms. The molecular weight excluding hydrogens is 621 g/mol. The van der Waals surface area contributed by atoms with Gasteiger partial charge in [-0.2, -0.15) is 0 Å². The van der Waals surface area contributed by atoms with Crippen LogP contribution in [0.5, 0.6) is 11.5 Å². The summed E-state index contributed by atoms with van der Waals surface area (Å²) in [5.74, 6) is -1.86. The van der Waals surface area contributed by atoms with Gasteiger partial charge in [-0.15, -0.1) is 0 Å². The number of amidine groups is 1. The zero-order valence-corrected chi connectivity index (χ0v) is 25.3. The number of thioether (sulfide) groups is 1. The number of rotatable bonds is 10. The largest absolute Gasteiger partial charge is 0.493 e. The lowest BCUT2D eigenvalue weighted by Crippen LogP contribution is -2.28. The smallest absolute Gasteiger partial charge is 0.335 e. The highest BCUT2D eigenvalue weighted by molar-refractivity contribution is 8.18. The minimum Gasteiger partial charge on any atom is -0.493 e. The van der Waals surface area contributed by atoms with E-state index in [2.05, 4.69) is 10.3 Å². The number of carbonyl (C=O) groups is 3. The van der Waals surface area contributed by atoms with E-state index >= 15 is 0 Å². The molecule has 5 rings (SSSR count). The lowest BCUT2D eigenvalue weighted by atomic mass is 10.1. The highest BCUT2D eigenvalue weighted by Gasteiger charge is 2.33. The Labute approximate surface area is 266 Å². The number of carboxylic acid groups (broad SMARTS) is 1. The van der Waals surface area contributed by atoms with E-state index in [4.69, 9.17) is 21.1 Å². The van der Waals surface area contributed by atoms with Gasteiger partial charge < -0.3 is 19.9 Å². The van der Waals surface area contributed by atoms with Crippen LogP contribution in [0.25, 0.3) is 6.08 Å². The van der Waals surface area contributed by atoms with Gasteiger partial charge in [-0.05, 0) is 89.6 Å². The van der Waals surface area contributed by atoms with Gasteiger partial charge in [-0.3, -0.25) is 14.5 Å². The van der Waals surface area contributed by atoms with Gasteiger partial charge in [0.25, 0.3) is 11.8 Å². The van der Waals surface area contributed by atoms with E-state index in [1.807, 2.05) is 30.3 Å². The van der Waals surface area contributed by atoms with Crippen molar-refractivity contribution in [1.29, 1.82) is 0 Å². The molecule has 228 valence electrons. The zero-order chi connectivity index (χ0) is 31.9. The van der Waals surface area contributed by atoms with Crippen LogP contribution in [0.4, 0.5) is 15.8 Å². The number of benzene rings is 4. The van der Waals surface area contributed by atoms with Gasteiger partial charge >= 0.3 is 5.97 Å². The Morgan fingerprint density at radius 2 is 1.76 bits per heavy atom. The van der Waals surface area contributed by atoms with Crippen molar-refractivity contribution in [2.24, 2.45) is 4.99 Å². The molecule has 1 heterocycles. The average Bonchev–Trinajstić information content (AvgIpc) is 3.30. The number of nitrogens with one attached hydrogen (secondary N) is 1. The SMILES string of the molecule is COc1cc(/C=C2\SC(=Nc3ccccc3)N(Cc3ccc(C(=O)O)cc3)C2=O)cc(Cl)c1OCC(=O)Nc1ccc(F)cc1. The van der Waals surface area contributed by atoms with Crippen LogP contribution in [0.1, 0.15) is 21.5 Å². The Morgan fingerprint density at radius 3 is 2.42 bits per heavy atom. The normalized spacial score (nSPS) is 14.6. The van der Waals surface area contributed by atoms with E-state index < -0.39 is 17.7 Å². The molecule has 1 aliphatic heterocycles. The van der Waals surface area contributed by atoms with E-state index in [0.29, 0.717) is 27.0 Å². The number of amides is 2. The number of hydrogen-bond acceptors (Lipinski definition) is 7. The summed E-state index contributed by atoms with van der Waals surface area (Å²) >= 11 is 7.71. The maximum absolute atomic E-state index is 13.7. The van der Waals surface area contributed by atoms with Crippen molar-refractivity contribution in [1.82, 2.24) is 4.90 Å². The maximum Gasteiger partial charge on any atom is 0.335 e. The molecule has 4 aromatic rings. The Bertz CT molecular complexity index is 1800. The number of hydrogen-bond donors (Lipinski definition) is 2. The van der Waals surface area contributed by atoms with Crippen molar-refractivity contribution in [2.75, 3.05) is 19.0 Å². The third-order valence-corrected chi connectivity index (χ3v) is 7.72. The van der Waals surface area contributed by atoms with Crippen LogP contribution in [-0.4, -0.2) is 46.7 Å². The summed E-state index contributed by atoms with van der Waals surface area (Å²) in [6.07, 6.45) is 1.65. The first-order chi connectivity index (χ1) is 21.7. The molecule has 0 aromatic heterocycles. The van der Waals surface area contributed by atoms with Gasteiger partial charge in [0.2, 0.25) is 0 Å². The molecule has 1 saturated heterocycles. The molecule has 4 aromatic carbocycles. The quantitative estimate of drug-likeness (QED) is 0.178. The first-order valence-electron chi connectivity index (χ1n) is 13.4. The Kier molecular flexibility index (Phi) is 9.81. The first-order valence-corrected chi connectivity index (χ1v) is 14.6. The van der Waals surface area contributed by atoms with Crippen LogP contribution < -0.4 is 14.8 Å². The summed E-state index contributed by atoms with van der Waals surface area (Å²) in [5.41, 5.74) is 2.49. The highest BCUT2D eigenvalue weighted by Crippen LogP contribution is 2.40. The maximum atomic E-state index is 13.7. The number of para-hydroxylation sites is 1. The summed E-state index contributed by atoms with van der Waals surface area (Å²) in [4.78, 5) is 43.9. The Morgan fingerprint density at radius 1 is 1.04 bits per heavy atom. The fourth-order valence-electron chi connectivity index (χ4n) is 4.26. The fraction of sp³-hybridized carbons (Fsp3) is 0.0909. The molecule has 0 unspecified atom stereocenters. The number of carbonyl (C=O) groups excluding carboxylic acids is 2. The topological polar surface area (TPSA) is 118 Å². The number of nitrogens with zero attached hydrogens (tertiary/aromatic N) is 2. The number of aliphatic imine (C=N–C) groups is 1. The molecule has 2 amide bonds. The van der Waals surface area contributed by atoms with E-state index in [-0.39, 0.29) is 41.1 Å². The Hall–Kier alpha value is -5.13. The van der Waals surface area contributed by atoms with Crippen LogP contribution in [0.3, 0.4) is 0 Å². The van der Waals surface area contributed by atoms with Crippen molar-refractivity contribution in [3.8, 4) is 11.5 Å². The van der Waals surface area contributed by atoms with Crippen molar-refractivity contribution < 1.29 is 33.4 Å². The van der Waals surface area contributed by atoms with Crippen LogP contribution in [0.2, 0.25) is 5.02 Å². The van der Waals surface area contributed by atoms with Crippen LogP contribution in [0, 0.1) is 5.82 Å². The lowest BCUT2D eigenvalue weighted by Gasteiger charge is -2.16. The number of carboxylic acids is 1. The third-order valence-electron chi connectivity index (χ3n) is 6.44. The molecule has 9 nitrogen and oxygen atoms in total. The van der Waals surface area contributed by atoms with E-state index in [1.54, 1.807) is 30.3 Å². The predicted octanol–water partition coefficient (Wildman–Crippen LogP) is 7.01. The second-order valence-corrected chi connectivity index (χ2v) is 11.0. The molecule has 45 heavy (non-hydrogen) atoms. The number of aromatic carboxylic acids is 1. The summed E-state index contributed by atoms with van der Waals surface area (Å²) in [5, 5.41) is 12.4. The molecule has 2 N–H and O–H groups in total. The van der Waals surface area contributed by atoms with E-state index in [0.717, 1.165) is 5.56 Å². The second-order valence-electron chi connectivity index (χ2n) is 9.61. The van der Waals surface area contributed by atoms with Gasteiger partial charge in [-0.1, -0.05) is 41.9 Å². The Balaban J connectivity index is 1.37. The minimum absolute atomic E-state index is 0.138. The van der Waals surface area contributed by atoms with Crippen molar-refractivity contribution in [2.45, 2.75) is 6.54 Å². The van der Waals surface area contributed by atoms with Gasteiger partial charge in [0.05, 0.1) is 34.8 Å². The molecule has 0 atom stereocenters. The number of halogens is 2. The van der Waals surface area contributed by atoms with Gasteiger partial charge in [-0.25, -0.2) is 14.2 Å². The lowest BCUT2D eigenvalue weighted by molar-refractivity contribution is -0.122. The molecule has 0 saturated carbocycles. The second kappa shape index (κ2) is 14.1. The first kappa shape index (κ1) is 31.3. The van der Waals surface area contributed by atoms with Crippen LogP contribution >= 0.6 is 23.4 Å². The summed E-state index contributed by atoms with van der Waals surface area (Å²) < 4.78 is 24.3. The minimum atomic E-state index is -1.04. The molecule has 0 aliphatic carbocycles. The van der Waals surface area contributed by atoms with Crippen LogP contribution in [0.15, 0.2) is 101 Å². The summed E-state index contributed by atoms with van der Waals surface area (Å²) in [7, 11) is 1.42. The summed E-state index contributed by atoms with van der Waals surface area (Å²) in [6, 6.07) is 24.0. The predicted molar refractivity (Wildman–Crippen MR) is 172 cm³/mol. The van der Waals surface area contributed by atoms with Crippen LogP contribution in [-0.2, 0) is 16.1 Å². The molecule has 0 radical (unpaired) electrons. The average molecular weight is 646 g/mol. The monoisotopic (exact) mass is 645 g/mol. The standard InChI is InChI=1S/C33H25ClFN3O6S/c1-43-27-16-21(15-26(34)30(27)44-19-29(39)36-25-13-11-23(35)12-14-25)17-28-31(40)38(18-20-7-9-22(10-8-20)32(41)42)33(45-28)37-24-5-3-2-4-6-24/h2-17H,18-19H2,1H3,(H,36,39)(H,41,42)/b28-17-,37-33?. The highest BCUT2D eigenvalue weighted by atomic mass is 35.5. The van der Waals surface area contributed by atoms with Crippen molar-refractivity contribution >= 4 is 63.8 Å².